The van der Waals surface area contributed by atoms with Gasteiger partial charge in [-0.15, -0.1) is 0 Å². The maximum atomic E-state index is 11.1. The summed E-state index contributed by atoms with van der Waals surface area (Å²) in [7, 11) is 0. The Morgan fingerprint density at radius 3 is 1.19 bits per heavy atom. The highest BCUT2D eigenvalue weighted by Gasteiger charge is 2.71. The molecule has 1 unspecified atom stereocenters. The van der Waals surface area contributed by atoms with E-state index >= 15 is 0 Å². The lowest BCUT2D eigenvalue weighted by atomic mass is 9.96. The third kappa shape index (κ3) is 11.5. The molecule has 0 rings (SSSR count). The second-order valence-corrected chi connectivity index (χ2v) is 8.59. The van der Waals surface area contributed by atoms with E-state index in [0.717, 1.165) is 25.7 Å². The molecule has 0 saturated heterocycles. The highest BCUT2D eigenvalue weighted by atomic mass is 16.7. The van der Waals surface area contributed by atoms with Crippen molar-refractivity contribution in [2.24, 2.45) is 0 Å². The van der Waals surface area contributed by atoms with Crippen LogP contribution in [0.1, 0.15) is 122 Å². The van der Waals surface area contributed by atoms with Gasteiger partial charge in [-0.2, -0.15) is 0 Å². The van der Waals surface area contributed by atoms with Crippen LogP contribution in [0.4, 0.5) is 0 Å². The average Bonchev–Trinajstić information content (AvgIpc) is 2.74. The lowest BCUT2D eigenvalue weighted by Crippen LogP contribution is -2.59. The summed E-state index contributed by atoms with van der Waals surface area (Å²) in [6.07, 6.45) is 19.5. The molecule has 0 aliphatic rings. The van der Waals surface area contributed by atoms with Crippen molar-refractivity contribution in [1.82, 2.24) is 0 Å². The highest BCUT2D eigenvalue weighted by molar-refractivity contribution is 5.61. The van der Waals surface area contributed by atoms with Crippen molar-refractivity contribution in [3.8, 4) is 0 Å². The molecule has 0 spiro atoms. The fraction of sp³-hybridized carbons (Fsp3) is 0.955. The average molecular weight is 459 g/mol. The number of unbranched alkanes of at least 4 members (excludes halogenated alkanes) is 16. The number of nitrogens with zero attached hydrogens (tertiary/aromatic N) is 3. The van der Waals surface area contributed by atoms with Gasteiger partial charge >= 0.3 is 18.0 Å². The van der Waals surface area contributed by atoms with E-state index in [9.17, 15) is 35.1 Å². The standard InChI is InChI=1S/C22H40N3O7/c1-2-3-4-5-6-7-8-9-10-11-12-13-14-15-16-17-18-19-21(23(27)28)22(20-26,24(29)30)25(31)32/h21H,2-19H2,1H3. The zero-order chi connectivity index (χ0) is 24.2. The predicted octanol–water partition coefficient (Wildman–Crippen LogP) is 6.03. The molecule has 0 aliphatic heterocycles. The van der Waals surface area contributed by atoms with Gasteiger partial charge in [0.25, 0.3) is 0 Å². The maximum Gasteiger partial charge on any atom is 0.588 e. The third-order valence-corrected chi connectivity index (χ3v) is 6.01. The normalized spacial score (nSPS) is 12.4. The van der Waals surface area contributed by atoms with Crippen molar-refractivity contribution < 1.29 is 19.6 Å². The van der Waals surface area contributed by atoms with Gasteiger partial charge < -0.3 is 0 Å². The summed E-state index contributed by atoms with van der Waals surface area (Å²) < 4.78 is 0. The minimum atomic E-state index is -3.54. The Balaban J connectivity index is 3.82. The summed E-state index contributed by atoms with van der Waals surface area (Å²) in [4.78, 5) is 40.0. The van der Waals surface area contributed by atoms with Crippen LogP contribution in [-0.2, 0) is 4.79 Å². The van der Waals surface area contributed by atoms with Crippen LogP contribution in [0.25, 0.3) is 0 Å². The molecule has 0 heterocycles. The van der Waals surface area contributed by atoms with Crippen LogP contribution >= 0.6 is 0 Å². The van der Waals surface area contributed by atoms with Crippen molar-refractivity contribution in [2.75, 3.05) is 0 Å². The first kappa shape index (κ1) is 29.9. The van der Waals surface area contributed by atoms with Gasteiger partial charge in [0, 0.05) is 11.3 Å². The topological polar surface area (TPSA) is 146 Å². The molecule has 185 valence electrons. The van der Waals surface area contributed by atoms with Gasteiger partial charge in [0.1, 0.15) is 9.85 Å². The molecule has 0 aromatic rings. The molecule has 0 N–H and O–H groups in total. The Hall–Kier alpha value is -2.13. The Morgan fingerprint density at radius 1 is 0.625 bits per heavy atom. The van der Waals surface area contributed by atoms with Crippen molar-refractivity contribution in [2.45, 2.75) is 134 Å². The molecule has 10 nitrogen and oxygen atoms in total. The van der Waals surface area contributed by atoms with E-state index in [-0.39, 0.29) is 6.42 Å². The lowest BCUT2D eigenvalue weighted by Gasteiger charge is -2.14. The summed E-state index contributed by atoms with van der Waals surface area (Å²) in [5.74, 6) is 0. The van der Waals surface area contributed by atoms with Crippen LogP contribution in [0.2, 0.25) is 0 Å². The maximum absolute atomic E-state index is 11.1. The van der Waals surface area contributed by atoms with Crippen LogP contribution < -0.4 is 0 Å². The van der Waals surface area contributed by atoms with E-state index in [2.05, 4.69) is 6.92 Å². The molecule has 0 fully saturated rings. The van der Waals surface area contributed by atoms with Crippen molar-refractivity contribution in [3.63, 3.8) is 0 Å². The minimum Gasteiger partial charge on any atom is -0.273 e. The summed E-state index contributed by atoms with van der Waals surface area (Å²) >= 11 is 0. The molecule has 1 atom stereocenters. The first-order valence-corrected chi connectivity index (χ1v) is 12.2. The van der Waals surface area contributed by atoms with Gasteiger partial charge in [-0.25, -0.2) is 0 Å². The molecule has 0 aromatic heterocycles. The van der Waals surface area contributed by atoms with E-state index in [4.69, 9.17) is 0 Å². The SMILES string of the molecule is CCCCCCCCCCCCCCCCCCCC([N+](=O)[O-])C([C]=O)([N+](=O)[O-])[N+](=O)[O-]. The molecular weight excluding hydrogens is 418 g/mol. The minimum absolute atomic E-state index is 0.217. The number of rotatable bonds is 23. The van der Waals surface area contributed by atoms with Crippen LogP contribution in [-0.4, -0.2) is 32.8 Å². The van der Waals surface area contributed by atoms with Gasteiger partial charge in [-0.3, -0.25) is 35.1 Å². The molecular formula is C22H40N3O7. The van der Waals surface area contributed by atoms with E-state index in [1.807, 2.05) is 0 Å². The zero-order valence-electron chi connectivity index (χ0n) is 19.5. The number of nitro groups is 3. The van der Waals surface area contributed by atoms with Crippen LogP contribution in [0.3, 0.4) is 0 Å². The Kier molecular flexibility index (Phi) is 17.2. The number of hydrogen-bond acceptors (Lipinski definition) is 7. The highest BCUT2D eigenvalue weighted by Crippen LogP contribution is 2.23. The van der Waals surface area contributed by atoms with Crippen molar-refractivity contribution in [3.05, 3.63) is 30.3 Å². The first-order chi connectivity index (χ1) is 15.3. The summed E-state index contributed by atoms with van der Waals surface area (Å²) in [5.41, 5.74) is -3.54. The third-order valence-electron chi connectivity index (χ3n) is 6.01. The molecule has 0 aromatic carbocycles. The lowest BCUT2D eigenvalue weighted by molar-refractivity contribution is -0.810. The van der Waals surface area contributed by atoms with Crippen LogP contribution in [0.15, 0.2) is 0 Å². The molecule has 10 heteroatoms. The van der Waals surface area contributed by atoms with Gasteiger partial charge in [-0.05, 0) is 6.42 Å². The number of hydrogen-bond donors (Lipinski definition) is 0. The van der Waals surface area contributed by atoms with E-state index < -0.39 is 32.9 Å². The molecule has 0 amide bonds. The predicted molar refractivity (Wildman–Crippen MR) is 122 cm³/mol. The summed E-state index contributed by atoms with van der Waals surface area (Å²) in [6.45, 7) is 2.23. The smallest absolute Gasteiger partial charge is 0.273 e. The largest absolute Gasteiger partial charge is 0.588 e. The fourth-order valence-electron chi connectivity index (χ4n) is 3.97. The number of carbonyl (C=O) groups excluding carboxylic acids is 1. The monoisotopic (exact) mass is 458 g/mol. The Bertz CT molecular complexity index is 544. The molecule has 32 heavy (non-hydrogen) atoms. The second kappa shape index (κ2) is 18.4. The van der Waals surface area contributed by atoms with Gasteiger partial charge in [0.15, 0.2) is 0 Å². The molecule has 0 saturated carbocycles. The first-order valence-electron chi connectivity index (χ1n) is 12.2. The van der Waals surface area contributed by atoms with Gasteiger partial charge in [-0.1, -0.05) is 110 Å². The second-order valence-electron chi connectivity index (χ2n) is 8.59. The quantitative estimate of drug-likeness (QED) is 0.0785. The fourth-order valence-corrected chi connectivity index (χ4v) is 3.97. The molecule has 0 bridgehead atoms. The molecule has 1 radical (unpaired) electrons. The van der Waals surface area contributed by atoms with E-state index in [1.54, 1.807) is 0 Å². The van der Waals surface area contributed by atoms with Gasteiger partial charge in [0.05, 0.1) is 0 Å². The van der Waals surface area contributed by atoms with Crippen molar-refractivity contribution in [1.29, 1.82) is 0 Å². The summed E-state index contributed by atoms with van der Waals surface area (Å²) in [6, 6.07) is -2.22. The van der Waals surface area contributed by atoms with Crippen LogP contribution in [0, 0.1) is 30.3 Å². The Labute approximate surface area is 191 Å². The summed E-state index contributed by atoms with van der Waals surface area (Å²) in [5, 5.41) is 33.2. The zero-order valence-corrected chi connectivity index (χ0v) is 19.5. The van der Waals surface area contributed by atoms with E-state index in [1.165, 1.54) is 70.6 Å². The van der Waals surface area contributed by atoms with Gasteiger partial charge in [0.2, 0.25) is 0 Å². The Morgan fingerprint density at radius 2 is 0.938 bits per heavy atom. The molecule has 0 aliphatic carbocycles. The van der Waals surface area contributed by atoms with Crippen molar-refractivity contribution >= 4 is 6.29 Å². The van der Waals surface area contributed by atoms with E-state index in [0.29, 0.717) is 12.7 Å². The van der Waals surface area contributed by atoms with Crippen LogP contribution in [0.5, 0.6) is 0 Å².